The van der Waals surface area contributed by atoms with E-state index in [0.29, 0.717) is 19.0 Å². The maximum absolute atomic E-state index is 11.4. The lowest BCUT2D eigenvalue weighted by molar-refractivity contribution is -0.120. The van der Waals surface area contributed by atoms with Crippen LogP contribution in [0.15, 0.2) is 4.99 Å². The van der Waals surface area contributed by atoms with E-state index in [1.165, 1.54) is 25.0 Å². The van der Waals surface area contributed by atoms with Gasteiger partial charge in [0.1, 0.15) is 0 Å². The number of aliphatic imine (C=N–C) groups is 1. The van der Waals surface area contributed by atoms with Gasteiger partial charge in [0.25, 0.3) is 0 Å². The Labute approximate surface area is 113 Å². The molecule has 0 aromatic carbocycles. The number of amides is 1. The highest BCUT2D eigenvalue weighted by Crippen LogP contribution is 2.32. The normalized spacial score (nSPS) is 28.8. The van der Waals surface area contributed by atoms with E-state index >= 15 is 0 Å². The minimum Gasteiger partial charge on any atom is -0.362 e. The van der Waals surface area contributed by atoms with Crippen LogP contribution in [-0.4, -0.2) is 36.0 Å². The van der Waals surface area contributed by atoms with Gasteiger partial charge in [0, 0.05) is 24.8 Å². The summed E-state index contributed by atoms with van der Waals surface area (Å²) in [5.74, 6) is 2.14. The molecule has 1 heterocycles. The molecule has 0 radical (unpaired) electrons. The Bertz CT molecular complexity index is 319. The average molecular weight is 269 g/mol. The molecule has 1 saturated heterocycles. The first-order valence-electron chi connectivity index (χ1n) is 7.00. The lowest BCUT2D eigenvalue weighted by Gasteiger charge is -2.28. The zero-order chi connectivity index (χ0) is 12.8. The second-order valence-corrected chi connectivity index (χ2v) is 6.05. The monoisotopic (exact) mass is 269 g/mol. The van der Waals surface area contributed by atoms with Crippen molar-refractivity contribution < 1.29 is 4.79 Å². The Hall–Kier alpha value is -0.710. The lowest BCUT2D eigenvalue weighted by atomic mass is 10.1. The number of fused-ring (bicyclic) bond motifs is 1. The summed E-state index contributed by atoms with van der Waals surface area (Å²) in [5, 5.41) is 7.43. The summed E-state index contributed by atoms with van der Waals surface area (Å²) >= 11 is 1.82. The molecule has 4 nitrogen and oxygen atoms in total. The van der Waals surface area contributed by atoms with Crippen LogP contribution in [0.3, 0.4) is 0 Å². The van der Waals surface area contributed by atoms with Gasteiger partial charge in [-0.3, -0.25) is 9.79 Å². The van der Waals surface area contributed by atoms with E-state index in [2.05, 4.69) is 22.5 Å². The summed E-state index contributed by atoms with van der Waals surface area (Å²) in [6.45, 7) is 3.43. The topological polar surface area (TPSA) is 53.5 Å². The number of nitrogens with zero attached hydrogens (tertiary/aromatic N) is 1. The van der Waals surface area contributed by atoms with Crippen molar-refractivity contribution in [1.29, 1.82) is 0 Å². The van der Waals surface area contributed by atoms with Crippen LogP contribution in [-0.2, 0) is 4.79 Å². The Balaban J connectivity index is 1.68. The van der Waals surface area contributed by atoms with Gasteiger partial charge in [-0.05, 0) is 25.2 Å². The molecule has 1 aliphatic heterocycles. The molecule has 102 valence electrons. The summed E-state index contributed by atoms with van der Waals surface area (Å²) in [4.78, 5) is 15.9. The van der Waals surface area contributed by atoms with Crippen LogP contribution in [0.2, 0.25) is 0 Å². The first kappa shape index (κ1) is 13.7. The average Bonchev–Trinajstić information content (AvgIpc) is 2.83. The molecule has 2 N–H and O–H groups in total. The molecule has 0 aromatic heterocycles. The van der Waals surface area contributed by atoms with E-state index in [4.69, 9.17) is 0 Å². The van der Waals surface area contributed by atoms with Crippen molar-refractivity contribution in [2.75, 3.05) is 18.8 Å². The van der Waals surface area contributed by atoms with E-state index in [1.54, 1.807) is 0 Å². The molecule has 1 saturated carbocycles. The molecule has 18 heavy (non-hydrogen) atoms. The fraction of sp³-hybridized carbons (Fsp3) is 0.846. The molecule has 1 amide bonds. The quantitative estimate of drug-likeness (QED) is 0.799. The van der Waals surface area contributed by atoms with Crippen LogP contribution >= 0.6 is 11.8 Å². The van der Waals surface area contributed by atoms with Crippen molar-refractivity contribution in [2.45, 2.75) is 45.1 Å². The minimum atomic E-state index is 0.112. The van der Waals surface area contributed by atoms with E-state index in [9.17, 15) is 4.79 Å². The molecule has 0 spiro atoms. The van der Waals surface area contributed by atoms with E-state index in [-0.39, 0.29) is 5.91 Å². The Kier molecular flexibility index (Phi) is 5.35. The fourth-order valence-electron chi connectivity index (χ4n) is 2.52. The predicted octanol–water partition coefficient (Wildman–Crippen LogP) is 1.76. The molecule has 2 unspecified atom stereocenters. The molecule has 2 rings (SSSR count). The van der Waals surface area contributed by atoms with Crippen molar-refractivity contribution in [2.24, 2.45) is 10.9 Å². The summed E-state index contributed by atoms with van der Waals surface area (Å²) in [7, 11) is 0. The second kappa shape index (κ2) is 7.02. The van der Waals surface area contributed by atoms with Gasteiger partial charge in [0.15, 0.2) is 5.17 Å². The molecule has 0 bridgehead atoms. The molecule has 2 aliphatic rings. The van der Waals surface area contributed by atoms with Crippen molar-refractivity contribution in [3.63, 3.8) is 0 Å². The lowest BCUT2D eigenvalue weighted by Crippen LogP contribution is -2.41. The minimum absolute atomic E-state index is 0.112. The van der Waals surface area contributed by atoms with Gasteiger partial charge in [-0.15, -0.1) is 0 Å². The highest BCUT2D eigenvalue weighted by atomic mass is 32.2. The third-order valence-corrected chi connectivity index (χ3v) is 4.68. The van der Waals surface area contributed by atoms with Crippen LogP contribution < -0.4 is 10.6 Å². The van der Waals surface area contributed by atoms with Crippen LogP contribution in [0.25, 0.3) is 0 Å². The van der Waals surface area contributed by atoms with Crippen LogP contribution in [0.4, 0.5) is 0 Å². The Morgan fingerprint density at radius 3 is 3.28 bits per heavy atom. The number of thioether (sulfide) groups is 1. The van der Waals surface area contributed by atoms with Gasteiger partial charge in [-0.2, -0.15) is 0 Å². The standard InChI is InChI=1S/C13H23N3OS/c1-2-7-14-12(17)6-8-15-13-16-11-5-3-4-10(11)9-18-13/h10-11H,2-9H2,1H3,(H,14,17)(H,15,16). The van der Waals surface area contributed by atoms with Gasteiger partial charge in [-0.25, -0.2) is 0 Å². The van der Waals surface area contributed by atoms with E-state index in [0.717, 1.165) is 24.1 Å². The smallest absolute Gasteiger partial charge is 0.221 e. The highest BCUT2D eigenvalue weighted by Gasteiger charge is 2.31. The summed E-state index contributed by atoms with van der Waals surface area (Å²) in [6.07, 6.45) is 5.47. The molecular formula is C13H23N3OS. The number of nitrogens with one attached hydrogen (secondary N) is 2. The third kappa shape index (κ3) is 3.90. The zero-order valence-electron chi connectivity index (χ0n) is 11.1. The van der Waals surface area contributed by atoms with Gasteiger partial charge in [0.05, 0.1) is 6.54 Å². The highest BCUT2D eigenvalue weighted by molar-refractivity contribution is 8.13. The van der Waals surface area contributed by atoms with Crippen molar-refractivity contribution in [3.8, 4) is 0 Å². The van der Waals surface area contributed by atoms with Crippen molar-refractivity contribution in [1.82, 2.24) is 10.6 Å². The summed E-state index contributed by atoms with van der Waals surface area (Å²) in [5.41, 5.74) is 0. The largest absolute Gasteiger partial charge is 0.362 e. The molecular weight excluding hydrogens is 246 g/mol. The number of hydrogen-bond acceptors (Lipinski definition) is 3. The predicted molar refractivity (Wildman–Crippen MR) is 76.9 cm³/mol. The fourth-order valence-corrected chi connectivity index (χ4v) is 3.70. The van der Waals surface area contributed by atoms with Gasteiger partial charge in [0.2, 0.25) is 5.91 Å². The Morgan fingerprint density at radius 1 is 1.56 bits per heavy atom. The molecule has 1 aliphatic carbocycles. The molecule has 2 fully saturated rings. The number of carbonyl (C=O) groups is 1. The van der Waals surface area contributed by atoms with Gasteiger partial charge in [-0.1, -0.05) is 25.1 Å². The molecule has 5 heteroatoms. The number of hydrogen-bond donors (Lipinski definition) is 2. The zero-order valence-corrected chi connectivity index (χ0v) is 11.9. The SMILES string of the molecule is CCCNC(=O)CCN=C1NC2CCCC2CS1. The number of amidine groups is 1. The second-order valence-electron chi connectivity index (χ2n) is 5.04. The first-order chi connectivity index (χ1) is 8.79. The summed E-state index contributed by atoms with van der Waals surface area (Å²) in [6, 6.07) is 0.638. The van der Waals surface area contributed by atoms with E-state index < -0.39 is 0 Å². The maximum atomic E-state index is 11.4. The van der Waals surface area contributed by atoms with Gasteiger partial charge >= 0.3 is 0 Å². The van der Waals surface area contributed by atoms with Crippen molar-refractivity contribution >= 4 is 22.8 Å². The summed E-state index contributed by atoms with van der Waals surface area (Å²) < 4.78 is 0. The maximum Gasteiger partial charge on any atom is 0.221 e. The van der Waals surface area contributed by atoms with Crippen LogP contribution in [0.1, 0.15) is 39.0 Å². The third-order valence-electron chi connectivity index (χ3n) is 3.57. The van der Waals surface area contributed by atoms with Gasteiger partial charge < -0.3 is 10.6 Å². The number of carbonyl (C=O) groups excluding carboxylic acids is 1. The van der Waals surface area contributed by atoms with Crippen LogP contribution in [0.5, 0.6) is 0 Å². The molecule has 0 aromatic rings. The van der Waals surface area contributed by atoms with E-state index in [1.807, 2.05) is 11.8 Å². The van der Waals surface area contributed by atoms with Crippen LogP contribution in [0, 0.1) is 5.92 Å². The first-order valence-corrected chi connectivity index (χ1v) is 7.98. The number of rotatable bonds is 5. The van der Waals surface area contributed by atoms with Crippen molar-refractivity contribution in [3.05, 3.63) is 0 Å². The Morgan fingerprint density at radius 2 is 2.44 bits per heavy atom. The molecule has 2 atom stereocenters.